The zero-order valence-electron chi connectivity index (χ0n) is 11.6. The van der Waals surface area contributed by atoms with E-state index in [0.29, 0.717) is 28.8 Å². The van der Waals surface area contributed by atoms with Crippen LogP contribution in [-0.4, -0.2) is 13.7 Å². The summed E-state index contributed by atoms with van der Waals surface area (Å²) in [6, 6.07) is 9.88. The number of ether oxygens (including phenoxy) is 1. The molecule has 0 aliphatic carbocycles. The molecule has 0 bridgehead atoms. The number of hydrogen-bond donors (Lipinski definition) is 1. The Balaban J connectivity index is 2.36. The van der Waals surface area contributed by atoms with Crippen molar-refractivity contribution in [3.8, 4) is 5.75 Å². The molecule has 2 aromatic carbocycles. The van der Waals surface area contributed by atoms with Crippen molar-refractivity contribution in [2.24, 2.45) is 5.73 Å². The van der Waals surface area contributed by atoms with Gasteiger partial charge >= 0.3 is 0 Å². The van der Waals surface area contributed by atoms with E-state index in [1.54, 1.807) is 19.2 Å². The smallest absolute Gasteiger partial charge is 0.123 e. The molecule has 0 saturated carbocycles. The minimum Gasteiger partial charge on any atom is -0.496 e. The number of nitrogens with two attached hydrogens (primary N) is 1. The van der Waals surface area contributed by atoms with Gasteiger partial charge in [-0.15, -0.1) is 0 Å². The summed E-state index contributed by atoms with van der Waals surface area (Å²) in [6.07, 6.45) is 0.565. The average Bonchev–Trinajstić information content (AvgIpc) is 2.49. The molecule has 5 heteroatoms. The predicted molar refractivity (Wildman–Crippen MR) is 84.9 cm³/mol. The van der Waals surface area contributed by atoms with Crippen molar-refractivity contribution in [1.29, 1.82) is 0 Å². The predicted octanol–water partition coefficient (Wildman–Crippen LogP) is 4.43. The van der Waals surface area contributed by atoms with Gasteiger partial charge in [0.05, 0.1) is 17.2 Å². The Bertz CT molecular complexity index is 634. The number of rotatable bonds is 5. The van der Waals surface area contributed by atoms with Crippen LogP contribution >= 0.6 is 23.2 Å². The summed E-state index contributed by atoms with van der Waals surface area (Å²) in [5.41, 5.74) is 7.47. The van der Waals surface area contributed by atoms with Gasteiger partial charge in [0.2, 0.25) is 0 Å². The summed E-state index contributed by atoms with van der Waals surface area (Å²) >= 11 is 12.2. The van der Waals surface area contributed by atoms with Crippen molar-refractivity contribution in [3.05, 3.63) is 63.4 Å². The molecule has 0 saturated heterocycles. The first-order valence-corrected chi connectivity index (χ1v) is 7.28. The number of halogens is 3. The minimum absolute atomic E-state index is 0.105. The van der Waals surface area contributed by atoms with Gasteiger partial charge in [-0.25, -0.2) is 4.39 Å². The quantitative estimate of drug-likeness (QED) is 0.881. The van der Waals surface area contributed by atoms with Crippen LogP contribution in [0.2, 0.25) is 10.0 Å². The van der Waals surface area contributed by atoms with E-state index in [2.05, 4.69) is 0 Å². The summed E-state index contributed by atoms with van der Waals surface area (Å²) < 4.78 is 18.8. The van der Waals surface area contributed by atoms with Crippen molar-refractivity contribution < 1.29 is 9.13 Å². The van der Waals surface area contributed by atoms with Crippen molar-refractivity contribution in [2.45, 2.75) is 12.3 Å². The molecule has 0 aliphatic rings. The second-order valence-electron chi connectivity index (χ2n) is 4.74. The normalized spacial score (nSPS) is 12.2. The average molecular weight is 328 g/mol. The molecule has 2 rings (SSSR count). The number of methoxy groups -OCH3 is 1. The molecule has 2 nitrogen and oxygen atoms in total. The maximum atomic E-state index is 13.5. The van der Waals surface area contributed by atoms with Crippen LogP contribution in [0.4, 0.5) is 4.39 Å². The SMILES string of the molecule is COc1ccc(F)cc1C(CN)Cc1cccc(Cl)c1Cl. The van der Waals surface area contributed by atoms with Gasteiger partial charge in [0.15, 0.2) is 0 Å². The highest BCUT2D eigenvalue weighted by Crippen LogP contribution is 2.33. The number of benzene rings is 2. The van der Waals surface area contributed by atoms with Crippen LogP contribution in [0.3, 0.4) is 0 Å². The highest BCUT2D eigenvalue weighted by molar-refractivity contribution is 6.42. The monoisotopic (exact) mass is 327 g/mol. The zero-order valence-corrected chi connectivity index (χ0v) is 13.1. The lowest BCUT2D eigenvalue weighted by atomic mass is 9.91. The Kier molecular flexibility index (Phi) is 5.45. The largest absolute Gasteiger partial charge is 0.496 e. The van der Waals surface area contributed by atoms with E-state index in [0.717, 1.165) is 11.1 Å². The molecule has 2 N–H and O–H groups in total. The molecular weight excluding hydrogens is 312 g/mol. The molecule has 0 radical (unpaired) electrons. The highest BCUT2D eigenvalue weighted by atomic mass is 35.5. The molecular formula is C16H16Cl2FNO. The van der Waals surface area contributed by atoms with Crippen molar-refractivity contribution in [3.63, 3.8) is 0 Å². The van der Waals surface area contributed by atoms with Gasteiger partial charge in [-0.05, 0) is 42.8 Å². The van der Waals surface area contributed by atoms with Crippen LogP contribution < -0.4 is 10.5 Å². The third-order valence-electron chi connectivity index (χ3n) is 3.41. The third-order valence-corrected chi connectivity index (χ3v) is 4.27. The van der Waals surface area contributed by atoms with E-state index in [1.165, 1.54) is 12.1 Å². The first-order chi connectivity index (χ1) is 10.1. The molecule has 0 spiro atoms. The summed E-state index contributed by atoms with van der Waals surface area (Å²) in [5, 5.41) is 1.00. The fraction of sp³-hybridized carbons (Fsp3) is 0.250. The first kappa shape index (κ1) is 16.1. The standard InChI is InChI=1S/C16H16Cl2FNO/c1-21-15-6-5-12(19)8-13(15)11(9-20)7-10-3-2-4-14(17)16(10)18/h2-6,8,11H,7,9,20H2,1H3. The molecule has 0 aliphatic heterocycles. The second-order valence-corrected chi connectivity index (χ2v) is 5.52. The lowest BCUT2D eigenvalue weighted by molar-refractivity contribution is 0.403. The van der Waals surface area contributed by atoms with Gasteiger partial charge in [0.1, 0.15) is 11.6 Å². The third kappa shape index (κ3) is 3.67. The molecule has 1 unspecified atom stereocenters. The summed E-state index contributed by atoms with van der Waals surface area (Å²) in [4.78, 5) is 0. The maximum absolute atomic E-state index is 13.5. The Morgan fingerprint density at radius 3 is 2.67 bits per heavy atom. The molecule has 0 amide bonds. The van der Waals surface area contributed by atoms with E-state index >= 15 is 0 Å². The maximum Gasteiger partial charge on any atom is 0.123 e. The fourth-order valence-electron chi connectivity index (χ4n) is 2.32. The number of hydrogen-bond acceptors (Lipinski definition) is 2. The summed E-state index contributed by atoms with van der Waals surface area (Å²) in [6.45, 7) is 0.350. The van der Waals surface area contributed by atoms with Gasteiger partial charge in [-0.2, -0.15) is 0 Å². The first-order valence-electron chi connectivity index (χ1n) is 6.53. The molecule has 0 aromatic heterocycles. The molecule has 0 fully saturated rings. The van der Waals surface area contributed by atoms with E-state index in [1.807, 2.05) is 12.1 Å². The van der Waals surface area contributed by atoms with E-state index in [4.69, 9.17) is 33.7 Å². The van der Waals surface area contributed by atoms with E-state index in [-0.39, 0.29) is 11.7 Å². The summed E-state index contributed by atoms with van der Waals surface area (Å²) in [7, 11) is 1.55. The van der Waals surface area contributed by atoms with Crippen LogP contribution in [0.25, 0.3) is 0 Å². The Labute approximate surface area is 133 Å². The topological polar surface area (TPSA) is 35.2 Å². The lowest BCUT2D eigenvalue weighted by Crippen LogP contribution is -2.16. The van der Waals surface area contributed by atoms with E-state index in [9.17, 15) is 4.39 Å². The van der Waals surface area contributed by atoms with Crippen LogP contribution in [0.15, 0.2) is 36.4 Å². The molecule has 1 atom stereocenters. The van der Waals surface area contributed by atoms with Gasteiger partial charge in [0, 0.05) is 11.5 Å². The Morgan fingerprint density at radius 1 is 1.24 bits per heavy atom. The van der Waals surface area contributed by atoms with Gasteiger partial charge in [-0.3, -0.25) is 0 Å². The van der Waals surface area contributed by atoms with Crippen LogP contribution in [-0.2, 0) is 6.42 Å². The summed E-state index contributed by atoms with van der Waals surface area (Å²) in [5.74, 6) is 0.193. The van der Waals surface area contributed by atoms with Gasteiger partial charge in [0.25, 0.3) is 0 Å². The minimum atomic E-state index is -0.318. The molecule has 2 aromatic rings. The van der Waals surface area contributed by atoms with Crippen LogP contribution in [0.5, 0.6) is 5.75 Å². The van der Waals surface area contributed by atoms with Crippen molar-refractivity contribution in [2.75, 3.05) is 13.7 Å². The Hall–Kier alpha value is -1.29. The van der Waals surface area contributed by atoms with Crippen molar-refractivity contribution in [1.82, 2.24) is 0 Å². The van der Waals surface area contributed by atoms with Gasteiger partial charge < -0.3 is 10.5 Å². The fourth-order valence-corrected chi connectivity index (χ4v) is 2.71. The van der Waals surface area contributed by atoms with Crippen molar-refractivity contribution >= 4 is 23.2 Å². The van der Waals surface area contributed by atoms with E-state index < -0.39 is 0 Å². The second kappa shape index (κ2) is 7.12. The highest BCUT2D eigenvalue weighted by Gasteiger charge is 2.18. The zero-order chi connectivity index (χ0) is 15.4. The molecule has 112 valence electrons. The molecule has 0 heterocycles. The van der Waals surface area contributed by atoms with Gasteiger partial charge in [-0.1, -0.05) is 35.3 Å². The lowest BCUT2D eigenvalue weighted by Gasteiger charge is -2.19. The van der Waals surface area contributed by atoms with Crippen LogP contribution in [0.1, 0.15) is 17.0 Å². The van der Waals surface area contributed by atoms with Crippen LogP contribution in [0, 0.1) is 5.82 Å². The molecule has 21 heavy (non-hydrogen) atoms. The Morgan fingerprint density at radius 2 is 2.00 bits per heavy atom.